The number of hydrogen-bond acceptors (Lipinski definition) is 6. The SMILES string of the molecule is O=C(Nc1nc(CC(=O)N2CCC(Cc3ccccc3)CC2)cs1)c1ncccn1. The van der Waals surface area contributed by atoms with Crippen LogP contribution in [0.3, 0.4) is 0 Å². The predicted molar refractivity (Wildman–Crippen MR) is 115 cm³/mol. The Morgan fingerprint density at radius 3 is 2.53 bits per heavy atom. The van der Waals surface area contributed by atoms with Crippen LogP contribution < -0.4 is 5.32 Å². The Labute approximate surface area is 179 Å². The van der Waals surface area contributed by atoms with Crippen LogP contribution in [0.5, 0.6) is 0 Å². The van der Waals surface area contributed by atoms with Crippen molar-refractivity contribution in [3.63, 3.8) is 0 Å². The minimum absolute atomic E-state index is 0.0859. The summed E-state index contributed by atoms with van der Waals surface area (Å²) in [4.78, 5) is 38.9. The molecule has 0 bridgehead atoms. The molecule has 4 rings (SSSR count). The van der Waals surface area contributed by atoms with E-state index in [-0.39, 0.29) is 18.2 Å². The highest BCUT2D eigenvalue weighted by Gasteiger charge is 2.23. The van der Waals surface area contributed by atoms with Crippen molar-refractivity contribution in [2.24, 2.45) is 5.92 Å². The third-order valence-electron chi connectivity index (χ3n) is 5.21. The van der Waals surface area contributed by atoms with E-state index in [1.165, 1.54) is 29.3 Å². The van der Waals surface area contributed by atoms with E-state index >= 15 is 0 Å². The zero-order valence-electron chi connectivity index (χ0n) is 16.5. The number of amides is 2. The molecule has 0 unspecified atom stereocenters. The highest BCUT2D eigenvalue weighted by Crippen LogP contribution is 2.23. The van der Waals surface area contributed by atoms with E-state index in [2.05, 4.69) is 44.5 Å². The monoisotopic (exact) mass is 421 g/mol. The summed E-state index contributed by atoms with van der Waals surface area (Å²) in [5.74, 6) is 0.382. The van der Waals surface area contributed by atoms with Gasteiger partial charge in [-0.05, 0) is 36.8 Å². The summed E-state index contributed by atoms with van der Waals surface area (Å²) >= 11 is 1.29. The van der Waals surface area contributed by atoms with Crippen LogP contribution in [-0.2, 0) is 17.6 Å². The quantitative estimate of drug-likeness (QED) is 0.660. The Morgan fingerprint density at radius 2 is 1.80 bits per heavy atom. The van der Waals surface area contributed by atoms with Crippen LogP contribution in [0.25, 0.3) is 0 Å². The maximum Gasteiger partial charge on any atom is 0.295 e. The van der Waals surface area contributed by atoms with Crippen molar-refractivity contribution < 1.29 is 9.59 Å². The number of carbonyl (C=O) groups excluding carboxylic acids is 2. The number of anilines is 1. The smallest absolute Gasteiger partial charge is 0.295 e. The van der Waals surface area contributed by atoms with Crippen LogP contribution >= 0.6 is 11.3 Å². The Hall–Kier alpha value is -3.13. The fraction of sp³-hybridized carbons (Fsp3) is 0.318. The van der Waals surface area contributed by atoms with Gasteiger partial charge in [-0.3, -0.25) is 14.9 Å². The first-order chi connectivity index (χ1) is 14.7. The molecule has 3 heterocycles. The zero-order valence-corrected chi connectivity index (χ0v) is 17.3. The molecule has 30 heavy (non-hydrogen) atoms. The lowest BCUT2D eigenvalue weighted by atomic mass is 9.90. The number of carbonyl (C=O) groups is 2. The maximum absolute atomic E-state index is 12.7. The van der Waals surface area contributed by atoms with E-state index in [0.717, 1.165) is 32.4 Å². The Bertz CT molecular complexity index is 985. The van der Waals surface area contributed by atoms with E-state index in [9.17, 15) is 9.59 Å². The fourth-order valence-electron chi connectivity index (χ4n) is 3.62. The average Bonchev–Trinajstić information content (AvgIpc) is 3.22. The Kier molecular flexibility index (Phi) is 6.44. The van der Waals surface area contributed by atoms with Crippen LogP contribution in [0.4, 0.5) is 5.13 Å². The number of piperidine rings is 1. The van der Waals surface area contributed by atoms with Crippen molar-refractivity contribution in [2.45, 2.75) is 25.7 Å². The molecule has 0 radical (unpaired) electrons. The topological polar surface area (TPSA) is 88.1 Å². The molecular formula is C22H23N5O2S. The lowest BCUT2D eigenvalue weighted by molar-refractivity contribution is -0.131. The summed E-state index contributed by atoms with van der Waals surface area (Å²) < 4.78 is 0. The summed E-state index contributed by atoms with van der Waals surface area (Å²) in [6.07, 6.45) is 6.39. The number of likely N-dealkylation sites (tertiary alicyclic amines) is 1. The molecule has 1 aliphatic rings. The van der Waals surface area contributed by atoms with Gasteiger partial charge in [-0.2, -0.15) is 0 Å². The van der Waals surface area contributed by atoms with Crippen LogP contribution in [0, 0.1) is 5.92 Å². The Morgan fingerprint density at radius 1 is 1.07 bits per heavy atom. The maximum atomic E-state index is 12.7. The molecule has 1 N–H and O–H groups in total. The summed E-state index contributed by atoms with van der Waals surface area (Å²) in [6.45, 7) is 1.57. The Balaban J connectivity index is 1.25. The zero-order chi connectivity index (χ0) is 20.8. The lowest BCUT2D eigenvalue weighted by Crippen LogP contribution is -2.39. The molecule has 1 saturated heterocycles. The third-order valence-corrected chi connectivity index (χ3v) is 6.01. The molecular weight excluding hydrogens is 398 g/mol. The van der Waals surface area contributed by atoms with E-state index < -0.39 is 5.91 Å². The number of aromatic nitrogens is 3. The van der Waals surface area contributed by atoms with Gasteiger partial charge in [-0.15, -0.1) is 11.3 Å². The molecule has 1 aliphatic heterocycles. The van der Waals surface area contributed by atoms with Crippen LogP contribution in [0.15, 0.2) is 54.2 Å². The molecule has 1 fully saturated rings. The third kappa shape index (κ3) is 5.27. The van der Waals surface area contributed by atoms with Crippen molar-refractivity contribution in [3.05, 3.63) is 71.3 Å². The molecule has 0 aliphatic carbocycles. The molecule has 1 aromatic carbocycles. The summed E-state index contributed by atoms with van der Waals surface area (Å²) in [6, 6.07) is 12.2. The molecule has 7 nitrogen and oxygen atoms in total. The van der Waals surface area contributed by atoms with Gasteiger partial charge >= 0.3 is 0 Å². The van der Waals surface area contributed by atoms with Gasteiger partial charge in [0.25, 0.3) is 5.91 Å². The second-order valence-electron chi connectivity index (χ2n) is 7.36. The molecule has 0 spiro atoms. The average molecular weight is 422 g/mol. The largest absolute Gasteiger partial charge is 0.342 e. The number of nitrogens with one attached hydrogen (secondary N) is 1. The second-order valence-corrected chi connectivity index (χ2v) is 8.22. The van der Waals surface area contributed by atoms with Gasteiger partial charge in [-0.25, -0.2) is 15.0 Å². The first-order valence-electron chi connectivity index (χ1n) is 10.0. The van der Waals surface area contributed by atoms with Gasteiger partial charge in [0.05, 0.1) is 12.1 Å². The number of benzene rings is 1. The first-order valence-corrected chi connectivity index (χ1v) is 10.9. The highest BCUT2D eigenvalue weighted by molar-refractivity contribution is 7.14. The van der Waals surface area contributed by atoms with Crippen molar-refractivity contribution in [1.82, 2.24) is 19.9 Å². The number of rotatable bonds is 6. The van der Waals surface area contributed by atoms with Gasteiger partial charge < -0.3 is 4.90 Å². The minimum atomic E-state index is -0.414. The van der Waals surface area contributed by atoms with Crippen LogP contribution in [0.1, 0.15) is 34.7 Å². The van der Waals surface area contributed by atoms with Gasteiger partial charge in [-0.1, -0.05) is 30.3 Å². The summed E-state index contributed by atoms with van der Waals surface area (Å²) in [7, 11) is 0. The van der Waals surface area contributed by atoms with Gasteiger partial charge in [0.15, 0.2) is 5.13 Å². The predicted octanol–water partition coefficient (Wildman–Crippen LogP) is 3.21. The van der Waals surface area contributed by atoms with E-state index in [0.29, 0.717) is 16.7 Å². The van der Waals surface area contributed by atoms with Gasteiger partial charge in [0, 0.05) is 30.9 Å². The molecule has 2 aromatic heterocycles. The minimum Gasteiger partial charge on any atom is -0.342 e. The van der Waals surface area contributed by atoms with Gasteiger partial charge in [0.2, 0.25) is 11.7 Å². The molecule has 3 aromatic rings. The summed E-state index contributed by atoms with van der Waals surface area (Å²) in [5, 5.41) is 4.93. The lowest BCUT2D eigenvalue weighted by Gasteiger charge is -2.32. The van der Waals surface area contributed by atoms with Gasteiger partial charge in [0.1, 0.15) is 0 Å². The van der Waals surface area contributed by atoms with Crippen molar-refractivity contribution >= 4 is 28.3 Å². The number of nitrogens with zero attached hydrogens (tertiary/aromatic N) is 4. The van der Waals surface area contributed by atoms with E-state index in [4.69, 9.17) is 0 Å². The molecule has 0 atom stereocenters. The van der Waals surface area contributed by atoms with E-state index in [1.54, 1.807) is 6.07 Å². The van der Waals surface area contributed by atoms with Crippen LogP contribution in [-0.4, -0.2) is 44.8 Å². The molecule has 8 heteroatoms. The van der Waals surface area contributed by atoms with E-state index in [1.807, 2.05) is 16.3 Å². The molecule has 2 amide bonds. The summed E-state index contributed by atoms with van der Waals surface area (Å²) in [5.41, 5.74) is 2.03. The number of hydrogen-bond donors (Lipinski definition) is 1. The first kappa shape index (κ1) is 20.2. The van der Waals surface area contributed by atoms with Crippen molar-refractivity contribution in [2.75, 3.05) is 18.4 Å². The van der Waals surface area contributed by atoms with Crippen LogP contribution in [0.2, 0.25) is 0 Å². The van der Waals surface area contributed by atoms with Crippen molar-refractivity contribution in [3.8, 4) is 0 Å². The van der Waals surface area contributed by atoms with Crippen molar-refractivity contribution in [1.29, 1.82) is 0 Å². The number of thiazole rings is 1. The molecule has 154 valence electrons. The molecule has 0 saturated carbocycles. The standard InChI is InChI=1S/C22H23N5O2S/c28-19(27-11-7-17(8-12-27)13-16-5-2-1-3-6-16)14-18-15-30-22(25-18)26-21(29)20-23-9-4-10-24-20/h1-6,9-10,15,17H,7-8,11-14H2,(H,25,26,29). The highest BCUT2D eigenvalue weighted by atomic mass is 32.1. The normalized spacial score (nSPS) is 14.5. The fourth-order valence-corrected chi connectivity index (χ4v) is 4.32. The second kappa shape index (κ2) is 9.58.